The molecule has 2 aliphatic rings. The standard InChI is InChI=1S/C10H14N4O4S3/c15-13(16)9(7-11-3-1-5-19-7)21-10(14(17)18)8-12-4-2-6-20-8/h11-12H,1-6H2/b9-7+,10-8+. The molecule has 0 bridgehead atoms. The van der Waals surface area contributed by atoms with Crippen LogP contribution in [0, 0.1) is 20.2 Å². The molecule has 0 aromatic rings. The van der Waals surface area contributed by atoms with Gasteiger partial charge < -0.3 is 10.6 Å². The van der Waals surface area contributed by atoms with Crippen molar-refractivity contribution in [1.82, 2.24) is 10.6 Å². The third kappa shape index (κ3) is 4.45. The zero-order valence-corrected chi connectivity index (χ0v) is 13.4. The summed E-state index contributed by atoms with van der Waals surface area (Å²) in [5.41, 5.74) is 0. The lowest BCUT2D eigenvalue weighted by Gasteiger charge is -2.17. The molecule has 2 saturated heterocycles. The normalized spacial score (nSPS) is 23.6. The van der Waals surface area contributed by atoms with E-state index in [0.717, 1.165) is 24.3 Å². The average molecular weight is 350 g/mol. The highest BCUT2D eigenvalue weighted by Crippen LogP contribution is 2.37. The van der Waals surface area contributed by atoms with Crippen LogP contribution in [0.15, 0.2) is 20.1 Å². The molecular weight excluding hydrogens is 336 g/mol. The van der Waals surface area contributed by atoms with Crippen molar-refractivity contribution in [3.05, 3.63) is 40.3 Å². The molecule has 2 aliphatic heterocycles. The molecule has 21 heavy (non-hydrogen) atoms. The highest BCUT2D eigenvalue weighted by molar-refractivity contribution is 8.10. The molecule has 0 aromatic carbocycles. The highest BCUT2D eigenvalue weighted by Gasteiger charge is 2.32. The van der Waals surface area contributed by atoms with Crippen molar-refractivity contribution in [2.24, 2.45) is 0 Å². The SMILES string of the molecule is O=[N+]([O-])/C(S/C(=C1\NCCCS1)[N+](=O)[O-])=C1/NCCCS1. The Hall–Kier alpha value is -1.07. The predicted molar refractivity (Wildman–Crippen MR) is 85.8 cm³/mol. The Morgan fingerprint density at radius 3 is 1.67 bits per heavy atom. The van der Waals surface area contributed by atoms with Gasteiger partial charge in [-0.05, 0) is 12.8 Å². The van der Waals surface area contributed by atoms with Gasteiger partial charge in [0.05, 0.1) is 21.6 Å². The van der Waals surface area contributed by atoms with Crippen molar-refractivity contribution in [1.29, 1.82) is 0 Å². The van der Waals surface area contributed by atoms with Gasteiger partial charge in [-0.2, -0.15) is 0 Å². The summed E-state index contributed by atoms with van der Waals surface area (Å²) in [7, 11) is 0. The van der Waals surface area contributed by atoms with Gasteiger partial charge in [-0.25, -0.2) is 0 Å². The molecule has 116 valence electrons. The van der Waals surface area contributed by atoms with Gasteiger partial charge in [0, 0.05) is 24.6 Å². The molecule has 0 spiro atoms. The molecule has 0 amide bonds. The van der Waals surface area contributed by atoms with Gasteiger partial charge in [0.2, 0.25) is 0 Å². The first-order valence-electron chi connectivity index (χ1n) is 6.28. The lowest BCUT2D eigenvalue weighted by atomic mass is 10.5. The summed E-state index contributed by atoms with van der Waals surface area (Å²) in [6.07, 6.45) is 1.84. The van der Waals surface area contributed by atoms with Crippen LogP contribution in [0.1, 0.15) is 12.8 Å². The van der Waals surface area contributed by atoms with Gasteiger partial charge in [0.15, 0.2) is 10.1 Å². The van der Waals surface area contributed by atoms with E-state index in [-0.39, 0.29) is 10.1 Å². The van der Waals surface area contributed by atoms with E-state index >= 15 is 0 Å². The van der Waals surface area contributed by atoms with Crippen LogP contribution in [0.25, 0.3) is 0 Å². The van der Waals surface area contributed by atoms with E-state index in [1.807, 2.05) is 0 Å². The zero-order valence-electron chi connectivity index (χ0n) is 11.0. The van der Waals surface area contributed by atoms with Crippen molar-refractivity contribution in [2.45, 2.75) is 12.8 Å². The van der Waals surface area contributed by atoms with Crippen LogP contribution in [-0.4, -0.2) is 34.4 Å². The maximum Gasteiger partial charge on any atom is 0.343 e. The van der Waals surface area contributed by atoms with Gasteiger partial charge in [-0.3, -0.25) is 20.2 Å². The maximum atomic E-state index is 11.2. The Balaban J connectivity index is 2.28. The number of nitrogens with one attached hydrogen (secondary N) is 2. The summed E-state index contributed by atoms with van der Waals surface area (Å²) >= 11 is 3.28. The summed E-state index contributed by atoms with van der Waals surface area (Å²) in [5.74, 6) is 1.55. The van der Waals surface area contributed by atoms with Crippen LogP contribution < -0.4 is 10.6 Å². The molecule has 0 aliphatic carbocycles. The molecule has 2 rings (SSSR count). The first kappa shape index (κ1) is 16.3. The molecule has 11 heteroatoms. The van der Waals surface area contributed by atoms with Crippen molar-refractivity contribution in [3.63, 3.8) is 0 Å². The molecular formula is C10H14N4O4S3. The number of nitrogens with zero attached hydrogens (tertiary/aromatic N) is 2. The Bertz CT molecular complexity index is 449. The molecule has 0 radical (unpaired) electrons. The number of hydrogen-bond donors (Lipinski definition) is 2. The van der Waals surface area contributed by atoms with Gasteiger partial charge >= 0.3 is 10.1 Å². The van der Waals surface area contributed by atoms with E-state index < -0.39 is 9.85 Å². The maximum absolute atomic E-state index is 11.2. The van der Waals surface area contributed by atoms with Crippen LogP contribution in [0.5, 0.6) is 0 Å². The Morgan fingerprint density at radius 1 is 0.952 bits per heavy atom. The third-order valence-electron chi connectivity index (χ3n) is 2.62. The number of rotatable bonds is 4. The molecule has 0 saturated carbocycles. The van der Waals surface area contributed by atoms with E-state index in [9.17, 15) is 20.2 Å². The van der Waals surface area contributed by atoms with Crippen LogP contribution in [-0.2, 0) is 0 Å². The van der Waals surface area contributed by atoms with E-state index in [2.05, 4.69) is 10.6 Å². The highest BCUT2D eigenvalue weighted by atomic mass is 32.2. The van der Waals surface area contributed by atoms with E-state index in [4.69, 9.17) is 0 Å². The van der Waals surface area contributed by atoms with Crippen molar-refractivity contribution >= 4 is 35.3 Å². The van der Waals surface area contributed by atoms with Crippen LogP contribution in [0.2, 0.25) is 0 Å². The van der Waals surface area contributed by atoms with E-state index in [0.29, 0.717) is 34.9 Å². The minimum absolute atomic E-state index is 0.202. The van der Waals surface area contributed by atoms with Crippen molar-refractivity contribution in [3.8, 4) is 0 Å². The van der Waals surface area contributed by atoms with E-state index in [1.165, 1.54) is 23.5 Å². The molecule has 2 heterocycles. The average Bonchev–Trinajstić information content (AvgIpc) is 2.49. The summed E-state index contributed by atoms with van der Waals surface area (Å²) < 4.78 is 0. The van der Waals surface area contributed by atoms with Crippen molar-refractivity contribution in [2.75, 3.05) is 24.6 Å². The first-order valence-corrected chi connectivity index (χ1v) is 9.07. The molecule has 2 N–H and O–H groups in total. The lowest BCUT2D eigenvalue weighted by molar-refractivity contribution is -0.418. The second-order valence-corrected chi connectivity index (χ2v) is 7.33. The quantitative estimate of drug-likeness (QED) is 0.580. The zero-order chi connectivity index (χ0) is 15.2. The fourth-order valence-corrected chi connectivity index (χ4v) is 4.75. The van der Waals surface area contributed by atoms with Crippen LogP contribution in [0.4, 0.5) is 0 Å². The number of nitro groups is 2. The summed E-state index contributed by atoms with van der Waals surface area (Å²) in [6, 6.07) is 0. The molecule has 0 aromatic heterocycles. The summed E-state index contributed by atoms with van der Waals surface area (Å²) in [6.45, 7) is 1.30. The predicted octanol–water partition coefficient (Wildman–Crippen LogP) is 1.98. The van der Waals surface area contributed by atoms with Crippen LogP contribution in [0.3, 0.4) is 0 Å². The second-order valence-electron chi connectivity index (χ2n) is 4.14. The molecule has 2 fully saturated rings. The Labute approximate surface area is 133 Å². The summed E-state index contributed by atoms with van der Waals surface area (Å²) in [4.78, 5) is 21.4. The first-order chi connectivity index (χ1) is 10.1. The number of hydrogen-bond acceptors (Lipinski definition) is 9. The topological polar surface area (TPSA) is 110 Å². The minimum atomic E-state index is -0.553. The van der Waals surface area contributed by atoms with Gasteiger partial charge in [-0.1, -0.05) is 0 Å². The summed E-state index contributed by atoms with van der Waals surface area (Å²) in [5, 5.41) is 28.8. The lowest BCUT2D eigenvalue weighted by Crippen LogP contribution is -2.23. The molecule has 0 unspecified atom stereocenters. The Kier molecular flexibility index (Phi) is 6.06. The second kappa shape index (κ2) is 7.80. The van der Waals surface area contributed by atoms with Crippen LogP contribution >= 0.6 is 35.3 Å². The monoisotopic (exact) mass is 350 g/mol. The minimum Gasteiger partial charge on any atom is -0.374 e. The molecule has 8 nitrogen and oxygen atoms in total. The Morgan fingerprint density at radius 2 is 1.38 bits per heavy atom. The largest absolute Gasteiger partial charge is 0.374 e. The van der Waals surface area contributed by atoms with E-state index in [1.54, 1.807) is 0 Å². The fourth-order valence-electron chi connectivity index (χ4n) is 1.70. The van der Waals surface area contributed by atoms with Crippen molar-refractivity contribution < 1.29 is 9.85 Å². The smallest absolute Gasteiger partial charge is 0.343 e. The van der Waals surface area contributed by atoms with Gasteiger partial charge in [0.25, 0.3) is 0 Å². The molecule has 0 atom stereocenters. The van der Waals surface area contributed by atoms with Gasteiger partial charge in [0.1, 0.15) is 0 Å². The van der Waals surface area contributed by atoms with Gasteiger partial charge in [-0.15, -0.1) is 23.5 Å². The number of thioether (sulfide) groups is 3. The fraction of sp³-hybridized carbons (Fsp3) is 0.600. The third-order valence-corrected chi connectivity index (χ3v) is 6.21.